The third-order valence-corrected chi connectivity index (χ3v) is 3.81. The lowest BCUT2D eigenvalue weighted by Gasteiger charge is -2.27. The van der Waals surface area contributed by atoms with Gasteiger partial charge in [0.1, 0.15) is 5.75 Å². The summed E-state index contributed by atoms with van der Waals surface area (Å²) >= 11 is 0. The molecule has 0 radical (unpaired) electrons. The van der Waals surface area contributed by atoms with Gasteiger partial charge in [-0.25, -0.2) is 0 Å². The van der Waals surface area contributed by atoms with Crippen LogP contribution in [0.15, 0.2) is 24.3 Å². The van der Waals surface area contributed by atoms with Crippen molar-refractivity contribution < 1.29 is 9.47 Å². The number of likely N-dealkylation sites (N-methyl/N-ethyl adjacent to an activating group) is 1. The largest absolute Gasteiger partial charge is 0.497 e. The van der Waals surface area contributed by atoms with E-state index in [1.807, 2.05) is 13.2 Å². The Morgan fingerprint density at radius 3 is 2.68 bits per heavy atom. The zero-order valence-electron chi connectivity index (χ0n) is 12.2. The van der Waals surface area contributed by atoms with Crippen LogP contribution >= 0.6 is 0 Å². The molecule has 2 atom stereocenters. The first-order valence-corrected chi connectivity index (χ1v) is 7.17. The Hall–Kier alpha value is -1.06. The van der Waals surface area contributed by atoms with Crippen LogP contribution in [0, 0.1) is 5.92 Å². The summed E-state index contributed by atoms with van der Waals surface area (Å²) in [7, 11) is 3.54. The van der Waals surface area contributed by atoms with Crippen molar-refractivity contribution in [1.82, 2.24) is 5.32 Å². The number of benzene rings is 1. The molecule has 0 aromatic heterocycles. The minimum Gasteiger partial charge on any atom is -0.497 e. The molecule has 0 amide bonds. The minimum atomic E-state index is 0.325. The third kappa shape index (κ3) is 3.95. The fraction of sp³-hybridized carbons (Fsp3) is 0.625. The normalized spacial score (nSPS) is 18.1. The van der Waals surface area contributed by atoms with Gasteiger partial charge >= 0.3 is 0 Å². The standard InChI is InChI=1S/C16H25NO2/c1-4-17-15(16(19-3)13-8-9-13)11-12-6-5-7-14(10-12)18-2/h5-7,10,13,15-17H,4,8-9,11H2,1-3H3. The molecule has 106 valence electrons. The van der Waals surface area contributed by atoms with Gasteiger partial charge in [-0.2, -0.15) is 0 Å². The lowest BCUT2D eigenvalue weighted by molar-refractivity contribution is 0.0516. The van der Waals surface area contributed by atoms with E-state index in [0.29, 0.717) is 12.1 Å². The van der Waals surface area contributed by atoms with E-state index < -0.39 is 0 Å². The van der Waals surface area contributed by atoms with E-state index in [-0.39, 0.29) is 0 Å². The molecule has 0 spiro atoms. The van der Waals surface area contributed by atoms with E-state index in [1.165, 1.54) is 18.4 Å². The Bertz CT molecular complexity index is 390. The van der Waals surface area contributed by atoms with Crippen LogP contribution in [0.1, 0.15) is 25.3 Å². The van der Waals surface area contributed by atoms with Crippen LogP contribution < -0.4 is 10.1 Å². The zero-order valence-corrected chi connectivity index (χ0v) is 12.2. The summed E-state index contributed by atoms with van der Waals surface area (Å²) in [6, 6.07) is 8.70. The summed E-state index contributed by atoms with van der Waals surface area (Å²) in [5.41, 5.74) is 1.30. The third-order valence-electron chi connectivity index (χ3n) is 3.81. The van der Waals surface area contributed by atoms with Crippen molar-refractivity contribution in [1.29, 1.82) is 0 Å². The van der Waals surface area contributed by atoms with E-state index in [9.17, 15) is 0 Å². The molecular formula is C16H25NO2. The Morgan fingerprint density at radius 1 is 1.32 bits per heavy atom. The Kier molecular flexibility index (Phi) is 5.23. The molecule has 1 saturated carbocycles. The van der Waals surface area contributed by atoms with E-state index in [1.54, 1.807) is 7.11 Å². The summed E-state index contributed by atoms with van der Waals surface area (Å²) in [4.78, 5) is 0. The SMILES string of the molecule is CCNC(Cc1cccc(OC)c1)C(OC)C1CC1. The molecule has 0 bridgehead atoms. The van der Waals surface area contributed by atoms with Crippen molar-refractivity contribution >= 4 is 0 Å². The maximum absolute atomic E-state index is 5.72. The molecule has 1 aromatic carbocycles. The van der Waals surface area contributed by atoms with Crippen molar-refractivity contribution in [2.75, 3.05) is 20.8 Å². The molecule has 0 aliphatic heterocycles. The topological polar surface area (TPSA) is 30.5 Å². The average Bonchev–Trinajstić information content (AvgIpc) is 3.25. The van der Waals surface area contributed by atoms with E-state index in [4.69, 9.17) is 9.47 Å². The van der Waals surface area contributed by atoms with Gasteiger partial charge in [0.2, 0.25) is 0 Å². The predicted octanol–water partition coefficient (Wildman–Crippen LogP) is 2.64. The first kappa shape index (κ1) is 14.4. The van der Waals surface area contributed by atoms with Gasteiger partial charge in [0.05, 0.1) is 13.2 Å². The molecule has 0 saturated heterocycles. The number of hydrogen-bond acceptors (Lipinski definition) is 3. The second kappa shape index (κ2) is 6.92. The van der Waals surface area contributed by atoms with E-state index in [0.717, 1.165) is 24.6 Å². The number of hydrogen-bond donors (Lipinski definition) is 1. The summed E-state index contributed by atoms with van der Waals surface area (Å²) < 4.78 is 11.0. The monoisotopic (exact) mass is 263 g/mol. The highest BCUT2D eigenvalue weighted by atomic mass is 16.5. The lowest BCUT2D eigenvalue weighted by Crippen LogP contribution is -2.43. The summed E-state index contributed by atoms with van der Waals surface area (Å²) in [5, 5.41) is 3.58. The summed E-state index contributed by atoms with van der Waals surface area (Å²) in [6.45, 7) is 3.12. The van der Waals surface area contributed by atoms with Crippen LogP contribution in [0.25, 0.3) is 0 Å². The maximum Gasteiger partial charge on any atom is 0.119 e. The minimum absolute atomic E-state index is 0.325. The Labute approximate surface area is 116 Å². The van der Waals surface area contributed by atoms with Gasteiger partial charge in [0.15, 0.2) is 0 Å². The quantitative estimate of drug-likeness (QED) is 0.782. The second-order valence-corrected chi connectivity index (χ2v) is 5.26. The van der Waals surface area contributed by atoms with Gasteiger partial charge in [-0.05, 0) is 49.4 Å². The molecule has 3 heteroatoms. The molecule has 2 rings (SSSR count). The van der Waals surface area contributed by atoms with Gasteiger partial charge in [0, 0.05) is 13.2 Å². The van der Waals surface area contributed by atoms with Gasteiger partial charge in [-0.15, -0.1) is 0 Å². The van der Waals surface area contributed by atoms with Gasteiger partial charge in [-0.1, -0.05) is 19.1 Å². The number of ether oxygens (including phenoxy) is 2. The fourth-order valence-corrected chi connectivity index (χ4v) is 2.73. The first-order chi connectivity index (χ1) is 9.28. The Morgan fingerprint density at radius 2 is 2.11 bits per heavy atom. The van der Waals surface area contributed by atoms with Crippen LogP contribution in [0.5, 0.6) is 5.75 Å². The average molecular weight is 263 g/mol. The van der Waals surface area contributed by atoms with Crippen molar-refractivity contribution in [3.63, 3.8) is 0 Å². The lowest BCUT2D eigenvalue weighted by atomic mass is 9.98. The van der Waals surface area contributed by atoms with Gasteiger partial charge < -0.3 is 14.8 Å². The van der Waals surface area contributed by atoms with E-state index in [2.05, 4.69) is 30.4 Å². The zero-order chi connectivity index (χ0) is 13.7. The van der Waals surface area contributed by atoms with Crippen LogP contribution in [0.4, 0.5) is 0 Å². The van der Waals surface area contributed by atoms with Crippen molar-refractivity contribution in [3.8, 4) is 5.75 Å². The Balaban J connectivity index is 2.05. The number of rotatable bonds is 8. The van der Waals surface area contributed by atoms with Crippen molar-refractivity contribution in [2.24, 2.45) is 5.92 Å². The molecule has 1 N–H and O–H groups in total. The molecule has 2 unspecified atom stereocenters. The van der Waals surface area contributed by atoms with Crippen LogP contribution in [-0.4, -0.2) is 32.9 Å². The molecule has 3 nitrogen and oxygen atoms in total. The van der Waals surface area contributed by atoms with Crippen molar-refractivity contribution in [3.05, 3.63) is 29.8 Å². The smallest absolute Gasteiger partial charge is 0.119 e. The molecule has 1 aromatic rings. The summed E-state index contributed by atoms with van der Waals surface area (Å²) in [5.74, 6) is 1.66. The number of nitrogens with one attached hydrogen (secondary N) is 1. The molecule has 0 heterocycles. The first-order valence-electron chi connectivity index (χ1n) is 7.17. The molecule has 1 fully saturated rings. The molecule has 19 heavy (non-hydrogen) atoms. The molecule has 1 aliphatic carbocycles. The van der Waals surface area contributed by atoms with Crippen molar-refractivity contribution in [2.45, 2.75) is 38.3 Å². The van der Waals surface area contributed by atoms with Crippen LogP contribution in [0.3, 0.4) is 0 Å². The maximum atomic E-state index is 5.72. The van der Waals surface area contributed by atoms with Gasteiger partial charge in [-0.3, -0.25) is 0 Å². The fourth-order valence-electron chi connectivity index (χ4n) is 2.73. The second-order valence-electron chi connectivity index (χ2n) is 5.26. The van der Waals surface area contributed by atoms with Crippen LogP contribution in [0.2, 0.25) is 0 Å². The van der Waals surface area contributed by atoms with E-state index >= 15 is 0 Å². The predicted molar refractivity (Wildman–Crippen MR) is 77.7 cm³/mol. The van der Waals surface area contributed by atoms with Gasteiger partial charge in [0.25, 0.3) is 0 Å². The van der Waals surface area contributed by atoms with Crippen LogP contribution in [-0.2, 0) is 11.2 Å². The molecule has 1 aliphatic rings. The highest BCUT2D eigenvalue weighted by Gasteiger charge is 2.36. The molecular weight excluding hydrogens is 238 g/mol. The summed E-state index contributed by atoms with van der Waals surface area (Å²) in [6.07, 6.45) is 3.92. The highest BCUT2D eigenvalue weighted by Crippen LogP contribution is 2.36. The number of methoxy groups -OCH3 is 2. The highest BCUT2D eigenvalue weighted by molar-refractivity contribution is 5.29.